The van der Waals surface area contributed by atoms with Gasteiger partial charge in [0, 0.05) is 12.3 Å². The maximum absolute atomic E-state index is 10.6. The van der Waals surface area contributed by atoms with E-state index in [2.05, 4.69) is 48.1 Å². The molecule has 16 unspecified atom stereocenters. The molecule has 5 aliphatic carbocycles. The second kappa shape index (κ2) is 8.63. The lowest BCUT2D eigenvalue weighted by molar-refractivity contribution is -0.302. The number of aliphatic hydroxyl groups is 3. The molecule has 3 saturated heterocycles. The smallest absolute Gasteiger partial charge is 0.186 e. The van der Waals surface area contributed by atoms with Crippen molar-refractivity contribution in [2.24, 2.45) is 50.7 Å². The molecule has 3 N–H and O–H groups in total. The Bertz CT molecular complexity index is 1170. The lowest BCUT2D eigenvalue weighted by Gasteiger charge is -2.63. The standard InChI is InChI=1S/C35H54O7/c1-18(2)27-21-14-19(3)28-31(6)12-13-34-17-33(34)11-10-24(40-29-26(38)25(37)20(36)15-39-29)30(4,5)22(33)8-9-23(34)32(31,7)16-35(28,41-21)42-27/h19-29,36-38H,1,8-17H2,2-7H3. The van der Waals surface area contributed by atoms with Gasteiger partial charge in [-0.3, -0.25) is 0 Å². The number of fused-ring (bicyclic) bond motifs is 4. The zero-order valence-corrected chi connectivity index (χ0v) is 26.6. The van der Waals surface area contributed by atoms with Crippen LogP contribution in [0.4, 0.5) is 0 Å². The van der Waals surface area contributed by atoms with Crippen LogP contribution < -0.4 is 0 Å². The molecule has 8 fully saturated rings. The van der Waals surface area contributed by atoms with Gasteiger partial charge in [0.2, 0.25) is 0 Å². The molecule has 0 aromatic rings. The van der Waals surface area contributed by atoms with E-state index in [1.54, 1.807) is 0 Å². The molecular weight excluding hydrogens is 532 g/mol. The molecule has 8 rings (SSSR count). The summed E-state index contributed by atoms with van der Waals surface area (Å²) in [5, 5.41) is 30.8. The summed E-state index contributed by atoms with van der Waals surface area (Å²) in [7, 11) is 0. The van der Waals surface area contributed by atoms with Gasteiger partial charge in [-0.25, -0.2) is 0 Å². The molecule has 3 heterocycles. The predicted octanol–water partition coefficient (Wildman–Crippen LogP) is 4.96. The van der Waals surface area contributed by atoms with Crippen LogP contribution in [-0.4, -0.2) is 70.6 Å². The molecule has 42 heavy (non-hydrogen) atoms. The minimum Gasteiger partial charge on any atom is -0.388 e. The van der Waals surface area contributed by atoms with Gasteiger partial charge in [-0.1, -0.05) is 41.2 Å². The largest absolute Gasteiger partial charge is 0.388 e. The van der Waals surface area contributed by atoms with Crippen LogP contribution >= 0.6 is 0 Å². The summed E-state index contributed by atoms with van der Waals surface area (Å²) in [6.45, 7) is 18.8. The Morgan fingerprint density at radius 3 is 2.31 bits per heavy atom. The molecule has 0 amide bonds. The van der Waals surface area contributed by atoms with E-state index < -0.39 is 30.4 Å². The third kappa shape index (κ3) is 3.23. The molecule has 0 aromatic heterocycles. The van der Waals surface area contributed by atoms with Crippen molar-refractivity contribution in [3.05, 3.63) is 12.2 Å². The molecule has 3 aliphatic heterocycles. The maximum Gasteiger partial charge on any atom is 0.186 e. The maximum atomic E-state index is 10.6. The molecule has 0 aromatic carbocycles. The average Bonchev–Trinajstić information content (AvgIpc) is 3.41. The highest BCUT2D eigenvalue weighted by atomic mass is 16.8. The van der Waals surface area contributed by atoms with E-state index in [4.69, 9.17) is 18.9 Å². The van der Waals surface area contributed by atoms with Crippen molar-refractivity contribution >= 4 is 0 Å². The monoisotopic (exact) mass is 586 g/mol. The van der Waals surface area contributed by atoms with Gasteiger partial charge >= 0.3 is 0 Å². The fourth-order valence-electron chi connectivity index (χ4n) is 13.8. The Balaban J connectivity index is 1.08. The fourth-order valence-corrected chi connectivity index (χ4v) is 13.8. The lowest BCUT2D eigenvalue weighted by atomic mass is 9.41. The van der Waals surface area contributed by atoms with E-state index >= 15 is 0 Å². The lowest BCUT2D eigenvalue weighted by Crippen LogP contribution is -2.60. The Hall–Kier alpha value is -0.540. The van der Waals surface area contributed by atoms with Gasteiger partial charge < -0.3 is 34.3 Å². The highest BCUT2D eigenvalue weighted by molar-refractivity contribution is 5.33. The first kappa shape index (κ1) is 28.9. The summed E-state index contributed by atoms with van der Waals surface area (Å²) in [5.74, 6) is 1.78. The molecule has 3 spiro atoms. The molecule has 2 bridgehead atoms. The van der Waals surface area contributed by atoms with Crippen LogP contribution in [0.5, 0.6) is 0 Å². The van der Waals surface area contributed by atoms with Crippen LogP contribution in [0.1, 0.15) is 99.3 Å². The SMILES string of the molecule is C=C(C)C1OC23CC4(C)C5CCC6C(C)(C)C(OC7OCC(O)C(O)C7O)CCC67CC57CCC4(C)C2C(C)CC1O3. The van der Waals surface area contributed by atoms with Crippen LogP contribution in [0.15, 0.2) is 12.2 Å². The van der Waals surface area contributed by atoms with Crippen molar-refractivity contribution in [3.63, 3.8) is 0 Å². The van der Waals surface area contributed by atoms with E-state index in [1.165, 1.54) is 32.1 Å². The van der Waals surface area contributed by atoms with Gasteiger partial charge in [0.1, 0.15) is 24.4 Å². The summed E-state index contributed by atoms with van der Waals surface area (Å²) < 4.78 is 26.2. The zero-order valence-electron chi connectivity index (χ0n) is 26.6. The van der Waals surface area contributed by atoms with E-state index in [-0.39, 0.29) is 41.2 Å². The third-order valence-corrected chi connectivity index (χ3v) is 15.5. The van der Waals surface area contributed by atoms with Crippen LogP contribution in [0, 0.1) is 50.7 Å². The Morgan fingerprint density at radius 2 is 1.57 bits per heavy atom. The van der Waals surface area contributed by atoms with Crippen molar-refractivity contribution in [3.8, 4) is 0 Å². The Kier molecular flexibility index (Phi) is 5.94. The van der Waals surface area contributed by atoms with Gasteiger partial charge in [-0.15, -0.1) is 0 Å². The summed E-state index contributed by atoms with van der Waals surface area (Å²) in [5.41, 5.74) is 2.13. The molecule has 5 saturated carbocycles. The molecule has 236 valence electrons. The summed E-state index contributed by atoms with van der Waals surface area (Å²) >= 11 is 0. The highest BCUT2D eigenvalue weighted by Crippen LogP contribution is 2.90. The topological polar surface area (TPSA) is 97.6 Å². The van der Waals surface area contributed by atoms with Crippen molar-refractivity contribution in [2.75, 3.05) is 6.61 Å². The number of hydrogen-bond donors (Lipinski definition) is 3. The number of ether oxygens (including phenoxy) is 4. The van der Waals surface area contributed by atoms with Gasteiger partial charge in [0.15, 0.2) is 12.1 Å². The quantitative estimate of drug-likeness (QED) is 0.318. The number of hydrogen-bond acceptors (Lipinski definition) is 7. The van der Waals surface area contributed by atoms with Crippen LogP contribution in [0.25, 0.3) is 0 Å². The third-order valence-electron chi connectivity index (χ3n) is 15.5. The predicted molar refractivity (Wildman–Crippen MR) is 156 cm³/mol. The number of rotatable bonds is 3. The summed E-state index contributed by atoms with van der Waals surface area (Å²) in [6, 6.07) is 0. The first-order valence-electron chi connectivity index (χ1n) is 17.0. The second-order valence-electron chi connectivity index (χ2n) is 17.5. The van der Waals surface area contributed by atoms with Crippen LogP contribution in [-0.2, 0) is 18.9 Å². The van der Waals surface area contributed by atoms with Crippen molar-refractivity contribution in [1.29, 1.82) is 0 Å². The number of aliphatic hydroxyl groups excluding tert-OH is 3. The van der Waals surface area contributed by atoms with Crippen LogP contribution in [0.2, 0.25) is 0 Å². The Morgan fingerprint density at radius 1 is 0.857 bits per heavy atom. The Labute approximate surface area is 251 Å². The first-order chi connectivity index (χ1) is 19.7. The normalized spacial score (nSPS) is 62.3. The molecule has 7 nitrogen and oxygen atoms in total. The van der Waals surface area contributed by atoms with E-state index in [0.717, 1.165) is 31.3 Å². The van der Waals surface area contributed by atoms with Gasteiger partial charge in [0.05, 0.1) is 18.8 Å². The van der Waals surface area contributed by atoms with E-state index in [9.17, 15) is 15.3 Å². The van der Waals surface area contributed by atoms with Gasteiger partial charge in [0.25, 0.3) is 0 Å². The van der Waals surface area contributed by atoms with Gasteiger partial charge in [-0.05, 0) is 109 Å². The summed E-state index contributed by atoms with van der Waals surface area (Å²) in [4.78, 5) is 0. The van der Waals surface area contributed by atoms with Crippen LogP contribution in [0.3, 0.4) is 0 Å². The zero-order chi connectivity index (χ0) is 29.8. The van der Waals surface area contributed by atoms with E-state index in [1.807, 2.05) is 0 Å². The van der Waals surface area contributed by atoms with Crippen molar-refractivity contribution < 1.29 is 34.3 Å². The highest BCUT2D eigenvalue weighted by Gasteiger charge is 2.85. The average molecular weight is 587 g/mol. The molecule has 16 atom stereocenters. The van der Waals surface area contributed by atoms with E-state index in [0.29, 0.717) is 34.5 Å². The van der Waals surface area contributed by atoms with Gasteiger partial charge in [-0.2, -0.15) is 0 Å². The molecule has 0 radical (unpaired) electrons. The minimum atomic E-state index is -1.24. The minimum absolute atomic E-state index is 0.0199. The fraction of sp³-hybridized carbons (Fsp3) is 0.943. The second-order valence-corrected chi connectivity index (χ2v) is 17.5. The first-order valence-corrected chi connectivity index (χ1v) is 17.0. The molecular formula is C35H54O7. The molecule has 7 heteroatoms. The van der Waals surface area contributed by atoms with Crippen molar-refractivity contribution in [2.45, 2.75) is 148 Å². The molecule has 8 aliphatic rings. The summed E-state index contributed by atoms with van der Waals surface area (Å²) in [6.07, 6.45) is 6.16. The van der Waals surface area contributed by atoms with Crippen molar-refractivity contribution in [1.82, 2.24) is 0 Å².